The lowest BCUT2D eigenvalue weighted by Gasteiger charge is -2.09. The van der Waals surface area contributed by atoms with E-state index < -0.39 is 12.1 Å². The zero-order chi connectivity index (χ0) is 15.0. The summed E-state index contributed by atoms with van der Waals surface area (Å²) < 4.78 is 5.31. The van der Waals surface area contributed by atoms with Gasteiger partial charge in [0.25, 0.3) is 0 Å². The molecule has 5 heteroatoms. The maximum absolute atomic E-state index is 12.3. The van der Waals surface area contributed by atoms with Crippen LogP contribution in [0.15, 0.2) is 36.7 Å². The van der Waals surface area contributed by atoms with E-state index in [0.717, 1.165) is 11.1 Å². The summed E-state index contributed by atoms with van der Waals surface area (Å²) in [6, 6.07) is 6.85. The Morgan fingerprint density at radius 3 is 3.00 bits per heavy atom. The molecule has 4 nitrogen and oxygen atoms in total. The molecule has 108 valence electrons. The summed E-state index contributed by atoms with van der Waals surface area (Å²) >= 11 is 5.82. The standard InChI is InChI=1S/C16H14ClNO3/c1-9-5-14-12(15(9)19)3-2-4-13(14)16(20)21-11-6-10(17)7-18-8-11/h2-4,6-9,15,19H,5H2,1H3. The van der Waals surface area contributed by atoms with E-state index >= 15 is 0 Å². The number of esters is 1. The van der Waals surface area contributed by atoms with Gasteiger partial charge in [-0.25, -0.2) is 4.79 Å². The van der Waals surface area contributed by atoms with Crippen molar-refractivity contribution >= 4 is 17.6 Å². The van der Waals surface area contributed by atoms with Crippen LogP contribution in [0, 0.1) is 5.92 Å². The molecule has 0 saturated carbocycles. The Morgan fingerprint density at radius 1 is 1.43 bits per heavy atom. The highest BCUT2D eigenvalue weighted by molar-refractivity contribution is 6.30. The number of aliphatic hydroxyl groups is 1. The Balaban J connectivity index is 1.90. The number of benzene rings is 1. The fourth-order valence-corrected chi connectivity index (χ4v) is 2.82. The molecule has 21 heavy (non-hydrogen) atoms. The number of hydrogen-bond donors (Lipinski definition) is 1. The van der Waals surface area contributed by atoms with Gasteiger partial charge in [-0.3, -0.25) is 4.98 Å². The fraction of sp³-hybridized carbons (Fsp3) is 0.250. The summed E-state index contributed by atoms with van der Waals surface area (Å²) in [4.78, 5) is 16.2. The molecule has 0 radical (unpaired) electrons. The average molecular weight is 304 g/mol. The number of fused-ring (bicyclic) bond motifs is 1. The first kappa shape index (κ1) is 14.0. The summed E-state index contributed by atoms with van der Waals surface area (Å²) in [5.74, 6) is -0.0595. The summed E-state index contributed by atoms with van der Waals surface area (Å²) in [6.45, 7) is 1.96. The van der Waals surface area contributed by atoms with Crippen LogP contribution in [0.1, 0.15) is 34.5 Å². The van der Waals surface area contributed by atoms with Crippen LogP contribution in [0.4, 0.5) is 0 Å². The molecule has 0 aliphatic heterocycles. The van der Waals surface area contributed by atoms with Gasteiger partial charge >= 0.3 is 5.97 Å². The third kappa shape index (κ3) is 2.64. The molecule has 1 heterocycles. The maximum Gasteiger partial charge on any atom is 0.343 e. The molecule has 0 saturated heterocycles. The molecule has 1 aliphatic rings. The Morgan fingerprint density at radius 2 is 2.24 bits per heavy atom. The lowest BCUT2D eigenvalue weighted by Crippen LogP contribution is -2.11. The van der Waals surface area contributed by atoms with Crippen molar-refractivity contribution in [3.05, 3.63) is 58.4 Å². The first-order chi connectivity index (χ1) is 10.1. The first-order valence-corrected chi connectivity index (χ1v) is 7.06. The van der Waals surface area contributed by atoms with Gasteiger partial charge in [-0.05, 0) is 29.5 Å². The predicted molar refractivity (Wildman–Crippen MR) is 78.5 cm³/mol. The van der Waals surface area contributed by atoms with E-state index in [9.17, 15) is 9.90 Å². The minimum atomic E-state index is -0.527. The van der Waals surface area contributed by atoms with Crippen molar-refractivity contribution in [1.82, 2.24) is 4.98 Å². The second-order valence-corrected chi connectivity index (χ2v) is 5.66. The van der Waals surface area contributed by atoms with E-state index in [1.807, 2.05) is 13.0 Å². The second kappa shape index (κ2) is 5.47. The topological polar surface area (TPSA) is 59.4 Å². The monoisotopic (exact) mass is 303 g/mol. The van der Waals surface area contributed by atoms with Crippen LogP contribution < -0.4 is 4.74 Å². The lowest BCUT2D eigenvalue weighted by atomic mass is 10.0. The third-order valence-corrected chi connectivity index (χ3v) is 3.91. The summed E-state index contributed by atoms with van der Waals surface area (Å²) in [6.07, 6.45) is 3.04. The molecule has 0 amide bonds. The van der Waals surface area contributed by atoms with E-state index in [0.29, 0.717) is 22.8 Å². The Kier molecular flexibility index (Phi) is 3.66. The third-order valence-electron chi connectivity index (χ3n) is 3.71. The number of pyridine rings is 1. The van der Waals surface area contributed by atoms with E-state index in [4.69, 9.17) is 16.3 Å². The molecule has 0 spiro atoms. The highest BCUT2D eigenvalue weighted by Crippen LogP contribution is 2.37. The zero-order valence-corrected chi connectivity index (χ0v) is 12.2. The van der Waals surface area contributed by atoms with Crippen molar-refractivity contribution in [2.45, 2.75) is 19.4 Å². The number of nitrogens with zero attached hydrogens (tertiary/aromatic N) is 1. The number of aliphatic hydroxyl groups excluding tert-OH is 1. The highest BCUT2D eigenvalue weighted by Gasteiger charge is 2.31. The van der Waals surface area contributed by atoms with Gasteiger partial charge in [0.15, 0.2) is 5.75 Å². The summed E-state index contributed by atoms with van der Waals surface area (Å²) in [5, 5.41) is 10.5. The largest absolute Gasteiger partial charge is 0.421 e. The normalized spacial score (nSPS) is 20.1. The molecule has 0 fully saturated rings. The van der Waals surface area contributed by atoms with Crippen molar-refractivity contribution in [1.29, 1.82) is 0 Å². The van der Waals surface area contributed by atoms with Gasteiger partial charge in [0.2, 0.25) is 0 Å². The van der Waals surface area contributed by atoms with Gasteiger partial charge in [0, 0.05) is 12.3 Å². The van der Waals surface area contributed by atoms with E-state index in [1.165, 1.54) is 18.5 Å². The molecule has 1 N–H and O–H groups in total. The molecular formula is C16H14ClNO3. The lowest BCUT2D eigenvalue weighted by molar-refractivity contribution is 0.0733. The van der Waals surface area contributed by atoms with Crippen molar-refractivity contribution < 1.29 is 14.6 Å². The average Bonchev–Trinajstić information content (AvgIpc) is 2.74. The van der Waals surface area contributed by atoms with Gasteiger partial charge in [0.1, 0.15) is 0 Å². The van der Waals surface area contributed by atoms with Crippen LogP contribution in [0.5, 0.6) is 5.75 Å². The Bertz CT molecular complexity index is 702. The van der Waals surface area contributed by atoms with E-state index in [1.54, 1.807) is 12.1 Å². The number of carbonyl (C=O) groups excluding carboxylic acids is 1. The van der Waals surface area contributed by atoms with Crippen LogP contribution in [0.2, 0.25) is 5.02 Å². The van der Waals surface area contributed by atoms with Crippen molar-refractivity contribution in [2.24, 2.45) is 5.92 Å². The molecule has 1 aromatic carbocycles. The minimum absolute atomic E-state index is 0.0989. The molecule has 2 aromatic rings. The molecule has 1 aromatic heterocycles. The van der Waals surface area contributed by atoms with Crippen molar-refractivity contribution in [3.63, 3.8) is 0 Å². The number of rotatable bonds is 2. The SMILES string of the molecule is CC1Cc2c(C(=O)Oc3cncc(Cl)c3)cccc2C1O. The molecular weight excluding hydrogens is 290 g/mol. The quantitative estimate of drug-likeness (QED) is 0.866. The molecule has 1 aliphatic carbocycles. The fourth-order valence-electron chi connectivity index (χ4n) is 2.65. The van der Waals surface area contributed by atoms with Crippen molar-refractivity contribution in [3.8, 4) is 5.75 Å². The number of hydrogen-bond acceptors (Lipinski definition) is 4. The smallest absolute Gasteiger partial charge is 0.343 e. The highest BCUT2D eigenvalue weighted by atomic mass is 35.5. The van der Waals surface area contributed by atoms with Gasteiger partial charge in [-0.15, -0.1) is 0 Å². The van der Waals surface area contributed by atoms with Gasteiger partial charge in [-0.1, -0.05) is 30.7 Å². The van der Waals surface area contributed by atoms with Crippen LogP contribution in [-0.4, -0.2) is 16.1 Å². The number of aromatic nitrogens is 1. The minimum Gasteiger partial charge on any atom is -0.421 e. The summed E-state index contributed by atoms with van der Waals surface area (Å²) in [5.41, 5.74) is 2.15. The number of ether oxygens (including phenoxy) is 1. The second-order valence-electron chi connectivity index (χ2n) is 5.23. The van der Waals surface area contributed by atoms with Gasteiger partial charge < -0.3 is 9.84 Å². The zero-order valence-electron chi connectivity index (χ0n) is 11.4. The van der Waals surface area contributed by atoms with Crippen LogP contribution in [0.3, 0.4) is 0 Å². The van der Waals surface area contributed by atoms with E-state index in [2.05, 4.69) is 4.98 Å². The number of carbonyl (C=O) groups is 1. The van der Waals surface area contributed by atoms with Crippen LogP contribution in [0.25, 0.3) is 0 Å². The first-order valence-electron chi connectivity index (χ1n) is 6.69. The van der Waals surface area contributed by atoms with E-state index in [-0.39, 0.29) is 5.92 Å². The van der Waals surface area contributed by atoms with Crippen LogP contribution in [-0.2, 0) is 6.42 Å². The molecule has 2 unspecified atom stereocenters. The predicted octanol–water partition coefficient (Wildman–Crippen LogP) is 3.18. The van der Waals surface area contributed by atoms with Crippen molar-refractivity contribution in [2.75, 3.05) is 0 Å². The Labute approximate surface area is 127 Å². The molecule has 2 atom stereocenters. The summed E-state index contributed by atoms with van der Waals surface area (Å²) in [7, 11) is 0. The molecule has 0 bridgehead atoms. The molecule has 3 rings (SSSR count). The maximum atomic E-state index is 12.3. The van der Waals surface area contributed by atoms with Gasteiger partial charge in [0.05, 0.1) is 22.9 Å². The van der Waals surface area contributed by atoms with Gasteiger partial charge in [-0.2, -0.15) is 0 Å². The Hall–Kier alpha value is -1.91. The van der Waals surface area contributed by atoms with Crippen LogP contribution >= 0.6 is 11.6 Å². The number of halogens is 1.